The minimum atomic E-state index is -0.143. The van der Waals surface area contributed by atoms with Gasteiger partial charge in [-0.1, -0.05) is 0 Å². The largest absolute Gasteiger partial charge is 0.497 e. The van der Waals surface area contributed by atoms with Crippen LogP contribution < -0.4 is 9.64 Å². The lowest BCUT2D eigenvalue weighted by molar-refractivity contribution is -0.146. The first kappa shape index (κ1) is 14.2. The number of esters is 1. The van der Waals surface area contributed by atoms with E-state index in [0.717, 1.165) is 37.4 Å². The third-order valence-corrected chi connectivity index (χ3v) is 3.70. The van der Waals surface area contributed by atoms with Crippen LogP contribution in [-0.4, -0.2) is 33.3 Å². The molecule has 0 radical (unpaired) electrons. The fourth-order valence-electron chi connectivity index (χ4n) is 2.52. The maximum Gasteiger partial charge on any atom is 0.308 e. The molecule has 5 heteroatoms. The lowest BCUT2D eigenvalue weighted by atomic mass is 9.96. The van der Waals surface area contributed by atoms with Gasteiger partial charge in [0.25, 0.3) is 0 Å². The lowest BCUT2D eigenvalue weighted by Crippen LogP contribution is -2.37. The summed E-state index contributed by atoms with van der Waals surface area (Å²) in [6.07, 6.45) is 1.49. The summed E-state index contributed by atoms with van der Waals surface area (Å²) < 4.78 is 9.99. The summed E-state index contributed by atoms with van der Waals surface area (Å²) in [6, 6.07) is 7.62. The summed E-state index contributed by atoms with van der Waals surface area (Å²) in [5.41, 5.74) is 1.50. The number of nitriles is 1. The van der Waals surface area contributed by atoms with E-state index in [1.165, 1.54) is 7.11 Å². The molecule has 20 heavy (non-hydrogen) atoms. The van der Waals surface area contributed by atoms with Gasteiger partial charge in [-0.15, -0.1) is 0 Å². The number of hydrogen-bond donors (Lipinski definition) is 0. The summed E-state index contributed by atoms with van der Waals surface area (Å²) in [5.74, 6) is 0.553. The van der Waals surface area contributed by atoms with Gasteiger partial charge >= 0.3 is 5.97 Å². The van der Waals surface area contributed by atoms with Crippen molar-refractivity contribution in [3.63, 3.8) is 0 Å². The van der Waals surface area contributed by atoms with Gasteiger partial charge in [0, 0.05) is 19.2 Å². The number of carbonyl (C=O) groups excluding carboxylic acids is 1. The highest BCUT2D eigenvalue weighted by Gasteiger charge is 2.26. The summed E-state index contributed by atoms with van der Waals surface area (Å²) in [4.78, 5) is 13.6. The highest BCUT2D eigenvalue weighted by Crippen LogP contribution is 2.29. The monoisotopic (exact) mass is 274 g/mol. The van der Waals surface area contributed by atoms with Crippen molar-refractivity contribution < 1.29 is 14.3 Å². The van der Waals surface area contributed by atoms with E-state index in [-0.39, 0.29) is 11.9 Å². The highest BCUT2D eigenvalue weighted by molar-refractivity contribution is 5.73. The molecule has 0 bridgehead atoms. The molecule has 0 unspecified atom stereocenters. The number of piperidine rings is 1. The predicted octanol–water partition coefficient (Wildman–Crippen LogP) is 1.96. The van der Waals surface area contributed by atoms with Gasteiger partial charge in [-0.25, -0.2) is 0 Å². The van der Waals surface area contributed by atoms with Crippen LogP contribution in [0.3, 0.4) is 0 Å². The zero-order valence-electron chi connectivity index (χ0n) is 11.8. The molecule has 0 saturated carbocycles. The second-order valence-electron chi connectivity index (χ2n) is 4.78. The minimum Gasteiger partial charge on any atom is -0.497 e. The van der Waals surface area contributed by atoms with E-state index in [1.54, 1.807) is 19.2 Å². The van der Waals surface area contributed by atoms with Crippen molar-refractivity contribution in [2.24, 2.45) is 5.92 Å². The molecular formula is C15H18N2O3. The molecule has 0 atom stereocenters. The first-order chi connectivity index (χ1) is 9.69. The van der Waals surface area contributed by atoms with Crippen LogP contribution in [0.15, 0.2) is 18.2 Å². The molecule has 0 aromatic heterocycles. The van der Waals surface area contributed by atoms with Crippen molar-refractivity contribution in [3.8, 4) is 11.8 Å². The van der Waals surface area contributed by atoms with Crippen LogP contribution in [0.4, 0.5) is 5.69 Å². The Morgan fingerprint density at radius 2 is 2.05 bits per heavy atom. The Hall–Kier alpha value is -2.22. The maximum atomic E-state index is 11.5. The Morgan fingerprint density at radius 3 is 2.60 bits per heavy atom. The highest BCUT2D eigenvalue weighted by atomic mass is 16.5. The van der Waals surface area contributed by atoms with Crippen molar-refractivity contribution >= 4 is 11.7 Å². The number of anilines is 1. The number of benzene rings is 1. The summed E-state index contributed by atoms with van der Waals surface area (Å²) in [5, 5.41) is 9.20. The molecular weight excluding hydrogens is 256 g/mol. The minimum absolute atomic E-state index is 0.0348. The van der Waals surface area contributed by atoms with E-state index in [1.807, 2.05) is 6.07 Å². The predicted molar refractivity (Wildman–Crippen MR) is 74.7 cm³/mol. The quantitative estimate of drug-likeness (QED) is 0.788. The molecule has 1 fully saturated rings. The molecule has 1 aromatic rings. The van der Waals surface area contributed by atoms with Gasteiger partial charge < -0.3 is 14.4 Å². The van der Waals surface area contributed by atoms with E-state index >= 15 is 0 Å². The average molecular weight is 274 g/mol. The van der Waals surface area contributed by atoms with Gasteiger partial charge in [0.1, 0.15) is 11.8 Å². The van der Waals surface area contributed by atoms with Crippen LogP contribution in [-0.2, 0) is 9.53 Å². The summed E-state index contributed by atoms with van der Waals surface area (Å²) in [6.45, 7) is 1.48. The van der Waals surface area contributed by atoms with Crippen LogP contribution in [0, 0.1) is 17.2 Å². The fraction of sp³-hybridized carbons (Fsp3) is 0.467. The van der Waals surface area contributed by atoms with Crippen molar-refractivity contribution in [3.05, 3.63) is 23.8 Å². The zero-order valence-corrected chi connectivity index (χ0v) is 11.8. The third-order valence-electron chi connectivity index (χ3n) is 3.70. The average Bonchev–Trinajstić information content (AvgIpc) is 2.53. The molecule has 106 valence electrons. The number of ether oxygens (including phenoxy) is 2. The lowest BCUT2D eigenvalue weighted by Gasteiger charge is -2.33. The fourth-order valence-corrected chi connectivity index (χ4v) is 2.52. The van der Waals surface area contributed by atoms with E-state index < -0.39 is 0 Å². The first-order valence-corrected chi connectivity index (χ1v) is 6.60. The zero-order chi connectivity index (χ0) is 14.5. The molecule has 2 rings (SSSR count). The van der Waals surface area contributed by atoms with Gasteiger partial charge in [-0.3, -0.25) is 4.79 Å². The Labute approximate surface area is 118 Å². The molecule has 1 heterocycles. The normalized spacial score (nSPS) is 15.6. The third kappa shape index (κ3) is 2.85. The smallest absolute Gasteiger partial charge is 0.308 e. The van der Waals surface area contributed by atoms with Crippen molar-refractivity contribution in [1.29, 1.82) is 5.26 Å². The molecule has 1 aromatic carbocycles. The van der Waals surface area contributed by atoms with Crippen molar-refractivity contribution in [1.82, 2.24) is 0 Å². The van der Waals surface area contributed by atoms with E-state index in [9.17, 15) is 10.1 Å². The standard InChI is InChI=1S/C15H18N2O3/c1-19-13-4-3-12(10-16)14(9-13)17-7-5-11(6-8-17)15(18)20-2/h3-4,9,11H,5-8H2,1-2H3. The Balaban J connectivity index is 2.14. The van der Waals surface area contributed by atoms with Gasteiger partial charge in [-0.05, 0) is 25.0 Å². The second kappa shape index (κ2) is 6.29. The molecule has 5 nitrogen and oxygen atoms in total. The molecule has 1 aliphatic rings. The number of carbonyl (C=O) groups is 1. The van der Waals surface area contributed by atoms with E-state index in [2.05, 4.69) is 11.0 Å². The molecule has 0 N–H and O–H groups in total. The molecule has 1 aliphatic heterocycles. The SMILES string of the molecule is COC(=O)C1CCN(c2cc(OC)ccc2C#N)CC1. The maximum absolute atomic E-state index is 11.5. The Bertz CT molecular complexity index is 528. The van der Waals surface area contributed by atoms with E-state index in [4.69, 9.17) is 9.47 Å². The van der Waals surface area contributed by atoms with Crippen molar-refractivity contribution in [2.45, 2.75) is 12.8 Å². The Morgan fingerprint density at radius 1 is 1.35 bits per heavy atom. The van der Waals surface area contributed by atoms with Crippen LogP contribution in [0.5, 0.6) is 5.75 Å². The van der Waals surface area contributed by atoms with Crippen LogP contribution in [0.1, 0.15) is 18.4 Å². The Kier molecular flexibility index (Phi) is 4.46. The molecule has 0 amide bonds. The van der Waals surface area contributed by atoms with Gasteiger partial charge in [0.2, 0.25) is 0 Å². The van der Waals surface area contributed by atoms with Gasteiger partial charge in [0.15, 0.2) is 0 Å². The van der Waals surface area contributed by atoms with E-state index in [0.29, 0.717) is 5.56 Å². The van der Waals surface area contributed by atoms with Crippen LogP contribution in [0.25, 0.3) is 0 Å². The van der Waals surface area contributed by atoms with Crippen molar-refractivity contribution in [2.75, 3.05) is 32.2 Å². The van der Waals surface area contributed by atoms with Gasteiger partial charge in [-0.2, -0.15) is 5.26 Å². The number of methoxy groups -OCH3 is 2. The number of hydrogen-bond acceptors (Lipinski definition) is 5. The van der Waals surface area contributed by atoms with Gasteiger partial charge in [0.05, 0.1) is 31.4 Å². The number of nitrogens with zero attached hydrogens (tertiary/aromatic N) is 2. The van der Waals surface area contributed by atoms with Crippen LogP contribution in [0.2, 0.25) is 0 Å². The topological polar surface area (TPSA) is 62.6 Å². The summed E-state index contributed by atoms with van der Waals surface area (Å²) in [7, 11) is 3.03. The molecule has 0 aliphatic carbocycles. The number of rotatable bonds is 3. The first-order valence-electron chi connectivity index (χ1n) is 6.60. The molecule has 0 spiro atoms. The molecule has 1 saturated heterocycles. The van der Waals surface area contributed by atoms with Crippen LogP contribution >= 0.6 is 0 Å². The summed E-state index contributed by atoms with van der Waals surface area (Å²) >= 11 is 0. The second-order valence-corrected chi connectivity index (χ2v) is 4.78.